The molecule has 2 amide bonds. The zero-order valence-corrected chi connectivity index (χ0v) is 16.0. The summed E-state index contributed by atoms with van der Waals surface area (Å²) < 4.78 is 6.43. The lowest BCUT2D eigenvalue weighted by atomic mass is 10.2. The minimum atomic E-state index is -0.349. The summed E-state index contributed by atoms with van der Waals surface area (Å²) in [7, 11) is 0. The maximum atomic E-state index is 11.8. The fourth-order valence-corrected chi connectivity index (χ4v) is 3.42. The average molecular weight is 435 g/mol. The summed E-state index contributed by atoms with van der Waals surface area (Å²) in [5.41, 5.74) is 5.63. The molecule has 0 fully saturated rings. The maximum absolute atomic E-state index is 11.8. The van der Waals surface area contributed by atoms with Crippen LogP contribution in [-0.2, 0) is 11.2 Å². The molecule has 134 valence electrons. The zero-order chi connectivity index (χ0) is 18.4. The highest BCUT2D eigenvalue weighted by Gasteiger charge is 2.11. The second-order valence-corrected chi connectivity index (χ2v) is 7.79. The van der Waals surface area contributed by atoms with Gasteiger partial charge < -0.3 is 4.42 Å². The van der Waals surface area contributed by atoms with E-state index in [9.17, 15) is 9.59 Å². The molecule has 26 heavy (non-hydrogen) atoms. The summed E-state index contributed by atoms with van der Waals surface area (Å²) in [5.74, 6) is 0.304. The summed E-state index contributed by atoms with van der Waals surface area (Å²) in [4.78, 5) is 24.1. The largest absolute Gasteiger partial charge is 0.421 e. The molecule has 0 atom stereocenters. The highest BCUT2D eigenvalue weighted by atomic mass is 79.9. The molecule has 3 rings (SSSR count). The number of nitrogens with zero attached hydrogens (tertiary/aromatic N) is 2. The molecule has 3 aromatic rings. The molecule has 2 heterocycles. The standard InChI is InChI=1S/C17H15BrN4O3S/c18-13-10-9-12(26-13)16(24)21-19-14(23)7-4-8-15-20-22-17(25-15)11-5-2-1-3-6-11/h1-3,5-6,9-10H,4,7-8H2,(H,19,23)(H,21,24). The highest BCUT2D eigenvalue weighted by molar-refractivity contribution is 9.11. The average Bonchev–Trinajstić information content (AvgIpc) is 3.30. The Bertz CT molecular complexity index is 894. The van der Waals surface area contributed by atoms with Crippen LogP contribution in [0.5, 0.6) is 0 Å². The van der Waals surface area contributed by atoms with Crippen molar-refractivity contribution in [2.75, 3.05) is 0 Å². The summed E-state index contributed by atoms with van der Waals surface area (Å²) in [6.45, 7) is 0. The van der Waals surface area contributed by atoms with Crippen molar-refractivity contribution < 1.29 is 14.0 Å². The molecule has 7 nitrogen and oxygen atoms in total. The monoisotopic (exact) mass is 434 g/mol. The van der Waals surface area contributed by atoms with Gasteiger partial charge >= 0.3 is 0 Å². The first-order valence-electron chi connectivity index (χ1n) is 7.84. The Morgan fingerprint density at radius 2 is 1.88 bits per heavy atom. The smallest absolute Gasteiger partial charge is 0.279 e. The second-order valence-electron chi connectivity index (χ2n) is 5.33. The van der Waals surface area contributed by atoms with Crippen LogP contribution < -0.4 is 10.9 Å². The molecule has 1 aromatic carbocycles. The second kappa shape index (κ2) is 8.72. The number of carbonyl (C=O) groups excluding carboxylic acids is 2. The van der Waals surface area contributed by atoms with Gasteiger partial charge in [0.05, 0.1) is 8.66 Å². The molecule has 0 unspecified atom stereocenters. The minimum Gasteiger partial charge on any atom is -0.421 e. The molecule has 9 heteroatoms. The van der Waals surface area contributed by atoms with Crippen LogP contribution in [0, 0.1) is 0 Å². The van der Waals surface area contributed by atoms with E-state index in [-0.39, 0.29) is 18.2 Å². The van der Waals surface area contributed by atoms with Crippen LogP contribution in [0.1, 0.15) is 28.4 Å². The van der Waals surface area contributed by atoms with E-state index in [1.807, 2.05) is 30.3 Å². The van der Waals surface area contributed by atoms with E-state index in [2.05, 4.69) is 37.0 Å². The maximum Gasteiger partial charge on any atom is 0.279 e. The molecule has 0 saturated heterocycles. The number of hydrogen-bond donors (Lipinski definition) is 2. The van der Waals surface area contributed by atoms with Crippen LogP contribution in [0.4, 0.5) is 0 Å². The van der Waals surface area contributed by atoms with E-state index < -0.39 is 0 Å². The van der Waals surface area contributed by atoms with Crippen molar-refractivity contribution in [3.8, 4) is 11.5 Å². The fourth-order valence-electron chi connectivity index (χ4n) is 2.14. The predicted octanol–water partition coefficient (Wildman–Crippen LogP) is 3.34. The molecule has 2 aromatic heterocycles. The summed E-state index contributed by atoms with van der Waals surface area (Å²) in [5, 5.41) is 7.99. The number of aromatic nitrogens is 2. The Kier molecular flexibility index (Phi) is 6.13. The Labute approximate surface area is 161 Å². The third-order valence-corrected chi connectivity index (χ3v) is 5.02. The molecular formula is C17H15BrN4O3S. The number of hydrazine groups is 1. The summed E-state index contributed by atoms with van der Waals surface area (Å²) in [6, 6.07) is 12.9. The van der Waals surface area contributed by atoms with Gasteiger partial charge in [0.1, 0.15) is 0 Å². The zero-order valence-electron chi connectivity index (χ0n) is 13.6. The summed E-state index contributed by atoms with van der Waals surface area (Å²) in [6.07, 6.45) is 1.25. The van der Waals surface area contributed by atoms with Crippen molar-refractivity contribution in [1.82, 2.24) is 21.0 Å². The summed E-state index contributed by atoms with van der Waals surface area (Å²) >= 11 is 4.57. The van der Waals surface area contributed by atoms with Crippen LogP contribution in [0.25, 0.3) is 11.5 Å². The van der Waals surface area contributed by atoms with Crippen LogP contribution >= 0.6 is 27.3 Å². The molecule has 2 N–H and O–H groups in total. The van der Waals surface area contributed by atoms with Crippen molar-refractivity contribution >= 4 is 39.1 Å². The van der Waals surface area contributed by atoms with Crippen molar-refractivity contribution in [3.63, 3.8) is 0 Å². The van der Waals surface area contributed by atoms with Crippen LogP contribution in [0.3, 0.4) is 0 Å². The third-order valence-electron chi connectivity index (χ3n) is 3.39. The van der Waals surface area contributed by atoms with Gasteiger partial charge in [0.15, 0.2) is 0 Å². The number of rotatable bonds is 6. The normalized spacial score (nSPS) is 10.5. The molecule has 0 bridgehead atoms. The first kappa shape index (κ1) is 18.3. The molecular weight excluding hydrogens is 420 g/mol. The van der Waals surface area contributed by atoms with Gasteiger partial charge in [-0.3, -0.25) is 20.4 Å². The number of carbonyl (C=O) groups is 2. The van der Waals surface area contributed by atoms with Crippen molar-refractivity contribution in [2.24, 2.45) is 0 Å². The van der Waals surface area contributed by atoms with Gasteiger partial charge in [0.2, 0.25) is 17.7 Å². The number of benzene rings is 1. The first-order chi connectivity index (χ1) is 12.6. The number of amides is 2. The lowest BCUT2D eigenvalue weighted by Crippen LogP contribution is -2.41. The van der Waals surface area contributed by atoms with Crippen LogP contribution in [0.15, 0.2) is 50.7 Å². The Hall–Kier alpha value is -2.52. The molecule has 0 aliphatic carbocycles. The third kappa shape index (κ3) is 4.99. The number of halogens is 1. The molecule has 0 saturated carbocycles. The van der Waals surface area contributed by atoms with Crippen molar-refractivity contribution in [3.05, 3.63) is 57.0 Å². The van der Waals surface area contributed by atoms with Gasteiger partial charge in [0, 0.05) is 18.4 Å². The van der Waals surface area contributed by atoms with Gasteiger partial charge in [0.25, 0.3) is 5.91 Å². The van der Waals surface area contributed by atoms with E-state index >= 15 is 0 Å². The highest BCUT2D eigenvalue weighted by Crippen LogP contribution is 2.21. The number of thiophene rings is 1. The Morgan fingerprint density at radius 1 is 1.08 bits per heavy atom. The predicted molar refractivity (Wildman–Crippen MR) is 100 cm³/mol. The lowest BCUT2D eigenvalue weighted by molar-refractivity contribution is -0.121. The topological polar surface area (TPSA) is 97.1 Å². The van der Waals surface area contributed by atoms with E-state index in [4.69, 9.17) is 4.42 Å². The Balaban J connectivity index is 1.40. The number of nitrogens with one attached hydrogen (secondary N) is 2. The Morgan fingerprint density at radius 3 is 2.62 bits per heavy atom. The minimum absolute atomic E-state index is 0.234. The van der Waals surface area contributed by atoms with Gasteiger partial charge in [-0.05, 0) is 46.6 Å². The fraction of sp³-hybridized carbons (Fsp3) is 0.176. The van der Waals surface area contributed by atoms with Crippen LogP contribution in [-0.4, -0.2) is 22.0 Å². The van der Waals surface area contributed by atoms with E-state index in [0.29, 0.717) is 29.5 Å². The molecule has 0 aliphatic heterocycles. The van der Waals surface area contributed by atoms with E-state index in [1.54, 1.807) is 12.1 Å². The number of aryl methyl sites for hydroxylation is 1. The first-order valence-corrected chi connectivity index (χ1v) is 9.45. The van der Waals surface area contributed by atoms with Crippen LogP contribution in [0.2, 0.25) is 0 Å². The van der Waals surface area contributed by atoms with Gasteiger partial charge in [-0.25, -0.2) is 0 Å². The van der Waals surface area contributed by atoms with Crippen molar-refractivity contribution in [2.45, 2.75) is 19.3 Å². The van der Waals surface area contributed by atoms with E-state index in [0.717, 1.165) is 9.35 Å². The number of hydrogen-bond acceptors (Lipinski definition) is 6. The van der Waals surface area contributed by atoms with Gasteiger partial charge in [-0.15, -0.1) is 21.5 Å². The van der Waals surface area contributed by atoms with Gasteiger partial charge in [-0.1, -0.05) is 18.2 Å². The SMILES string of the molecule is O=C(CCCc1nnc(-c2ccccc2)o1)NNC(=O)c1ccc(Br)s1. The van der Waals surface area contributed by atoms with Crippen molar-refractivity contribution in [1.29, 1.82) is 0 Å². The molecule has 0 radical (unpaired) electrons. The molecule has 0 aliphatic rings. The molecule has 0 spiro atoms. The quantitative estimate of drug-likeness (QED) is 0.579. The van der Waals surface area contributed by atoms with E-state index in [1.165, 1.54) is 11.3 Å². The lowest BCUT2D eigenvalue weighted by Gasteiger charge is -2.05. The van der Waals surface area contributed by atoms with Gasteiger partial charge in [-0.2, -0.15) is 0 Å².